The molecule has 0 atom stereocenters. The summed E-state index contributed by atoms with van der Waals surface area (Å²) in [5.41, 5.74) is 4.30. The number of imidazole rings is 1. The summed E-state index contributed by atoms with van der Waals surface area (Å²) in [6.07, 6.45) is -3.08. The number of hydrogen-bond donors (Lipinski definition) is 2. The first-order valence-electron chi connectivity index (χ1n) is 15.2. The summed E-state index contributed by atoms with van der Waals surface area (Å²) in [6, 6.07) is 22.9. The molecule has 0 bridgehead atoms. The van der Waals surface area contributed by atoms with Crippen molar-refractivity contribution in [2.24, 2.45) is 0 Å². The zero-order valence-electron chi connectivity index (χ0n) is 26.5. The van der Waals surface area contributed by atoms with E-state index >= 15 is 0 Å². The largest absolute Gasteiger partial charge is 0.445 e. The topological polar surface area (TPSA) is 115 Å². The molecular weight excluding hydrogens is 640 g/mol. The molecule has 10 nitrogen and oxygen atoms in total. The van der Waals surface area contributed by atoms with Crippen LogP contribution in [0.1, 0.15) is 58.4 Å². The van der Waals surface area contributed by atoms with Crippen molar-refractivity contribution < 1.29 is 32.6 Å². The van der Waals surface area contributed by atoms with E-state index in [-0.39, 0.29) is 28.9 Å². The van der Waals surface area contributed by atoms with Gasteiger partial charge in [-0.25, -0.2) is 23.4 Å². The van der Waals surface area contributed by atoms with Crippen LogP contribution in [0.15, 0.2) is 78.9 Å². The number of nitrogens with one attached hydrogen (secondary N) is 2. The van der Waals surface area contributed by atoms with Crippen molar-refractivity contribution in [2.45, 2.75) is 52.4 Å². The van der Waals surface area contributed by atoms with Crippen molar-refractivity contribution in [1.82, 2.24) is 14.9 Å². The molecule has 1 aliphatic heterocycles. The molecule has 13 heteroatoms. The number of rotatable bonds is 8. The molecule has 6 rings (SSSR count). The Bertz CT molecular complexity index is 1990. The molecule has 248 valence electrons. The predicted octanol–water partition coefficient (Wildman–Crippen LogP) is 8.00. The van der Waals surface area contributed by atoms with Crippen molar-refractivity contribution >= 4 is 52.1 Å². The van der Waals surface area contributed by atoms with Crippen LogP contribution in [-0.2, 0) is 29.0 Å². The van der Waals surface area contributed by atoms with Gasteiger partial charge < -0.3 is 14.8 Å². The van der Waals surface area contributed by atoms with E-state index in [1.165, 1.54) is 12.1 Å². The molecule has 3 heterocycles. The predicted molar refractivity (Wildman–Crippen MR) is 179 cm³/mol. The first kappa shape index (κ1) is 32.6. The number of alkyl halides is 2. The van der Waals surface area contributed by atoms with Crippen LogP contribution < -0.4 is 15.5 Å². The van der Waals surface area contributed by atoms with E-state index in [2.05, 4.69) is 10.6 Å². The standard InChI is InChI=1S/C35H33F2N5O5S/c1-35(2,3)47-34(45)41-16-15-23-10-11-24(18-27(23)41)42-26-12-9-22(19-38-33(44)46-20-21-7-5-4-6-8-21)17-25(26)39-32(42)40-31(43)29-14-13-28(48-29)30(36)37/h4-14,17-18,30H,15-16,19-20H2,1-3H3,(H,38,44)(H,39,40,43). The summed E-state index contributed by atoms with van der Waals surface area (Å²) in [7, 11) is 0. The molecule has 3 amide bonds. The van der Waals surface area contributed by atoms with Gasteiger partial charge in [0.1, 0.15) is 12.2 Å². The molecule has 1 aliphatic rings. The molecule has 0 aliphatic carbocycles. The molecule has 0 saturated heterocycles. The lowest BCUT2D eigenvalue weighted by atomic mass is 10.1. The van der Waals surface area contributed by atoms with Gasteiger partial charge in [-0.2, -0.15) is 0 Å². The Morgan fingerprint density at radius 1 is 0.979 bits per heavy atom. The SMILES string of the molecule is CC(C)(C)OC(=O)N1CCc2ccc(-n3c(NC(=O)c4ccc(C(F)F)s4)nc4cc(CNC(=O)OCc5ccccc5)ccc43)cc21. The second kappa shape index (κ2) is 13.4. The quantitative estimate of drug-likeness (QED) is 0.173. The number of fused-ring (bicyclic) bond motifs is 2. The van der Waals surface area contributed by atoms with Gasteiger partial charge in [0.15, 0.2) is 0 Å². The lowest BCUT2D eigenvalue weighted by Gasteiger charge is -2.25. The number of amides is 3. The van der Waals surface area contributed by atoms with Crippen LogP contribution in [0.3, 0.4) is 0 Å². The number of aromatic nitrogens is 2. The highest BCUT2D eigenvalue weighted by Gasteiger charge is 2.30. The van der Waals surface area contributed by atoms with E-state index in [4.69, 9.17) is 14.5 Å². The molecule has 3 aromatic carbocycles. The van der Waals surface area contributed by atoms with E-state index < -0.39 is 30.1 Å². The van der Waals surface area contributed by atoms with Gasteiger partial charge in [-0.1, -0.05) is 42.5 Å². The number of hydrogen-bond acceptors (Lipinski definition) is 7. The summed E-state index contributed by atoms with van der Waals surface area (Å²) in [6.45, 7) is 6.17. The molecule has 0 spiro atoms. The maximum absolute atomic E-state index is 13.3. The Hall–Kier alpha value is -5.30. The van der Waals surface area contributed by atoms with Gasteiger partial charge in [-0.3, -0.25) is 19.6 Å². The number of benzene rings is 3. The normalized spacial score (nSPS) is 12.7. The highest BCUT2D eigenvalue weighted by Crippen LogP contribution is 2.35. The average Bonchev–Trinajstić information content (AvgIpc) is 3.79. The van der Waals surface area contributed by atoms with Gasteiger partial charge in [0.25, 0.3) is 12.3 Å². The number of alkyl carbamates (subject to hydrolysis) is 1. The first-order chi connectivity index (χ1) is 22.9. The number of anilines is 2. The van der Waals surface area contributed by atoms with Crippen LogP contribution in [0, 0.1) is 0 Å². The Morgan fingerprint density at radius 3 is 2.50 bits per heavy atom. The van der Waals surface area contributed by atoms with Gasteiger partial charge in [-0.15, -0.1) is 11.3 Å². The number of thiophene rings is 1. The van der Waals surface area contributed by atoms with E-state index in [9.17, 15) is 23.2 Å². The molecule has 0 radical (unpaired) electrons. The summed E-state index contributed by atoms with van der Waals surface area (Å²) in [4.78, 5) is 44.8. The van der Waals surface area contributed by atoms with Gasteiger partial charge in [0.2, 0.25) is 5.95 Å². The maximum atomic E-state index is 13.3. The number of carbonyl (C=O) groups excluding carboxylic acids is 3. The third-order valence-electron chi connectivity index (χ3n) is 7.50. The molecule has 2 N–H and O–H groups in total. The summed E-state index contributed by atoms with van der Waals surface area (Å²) in [5, 5.41) is 5.52. The van der Waals surface area contributed by atoms with Gasteiger partial charge in [-0.05, 0) is 80.3 Å². The number of carbonyl (C=O) groups is 3. The van der Waals surface area contributed by atoms with Crippen LogP contribution >= 0.6 is 11.3 Å². The fourth-order valence-electron chi connectivity index (χ4n) is 5.30. The molecule has 0 unspecified atom stereocenters. The van der Waals surface area contributed by atoms with E-state index in [0.717, 1.165) is 16.7 Å². The van der Waals surface area contributed by atoms with E-state index in [0.29, 0.717) is 46.7 Å². The van der Waals surface area contributed by atoms with Crippen LogP contribution in [0.25, 0.3) is 16.7 Å². The second-order valence-electron chi connectivity index (χ2n) is 12.2. The average molecular weight is 674 g/mol. The highest BCUT2D eigenvalue weighted by atomic mass is 32.1. The van der Waals surface area contributed by atoms with Crippen LogP contribution in [0.2, 0.25) is 0 Å². The second-order valence-corrected chi connectivity index (χ2v) is 13.3. The van der Waals surface area contributed by atoms with Crippen molar-refractivity contribution in [1.29, 1.82) is 0 Å². The Kier molecular flexibility index (Phi) is 9.13. The van der Waals surface area contributed by atoms with E-state index in [1.54, 1.807) is 36.3 Å². The third-order valence-corrected chi connectivity index (χ3v) is 8.59. The van der Waals surface area contributed by atoms with Crippen LogP contribution in [0.5, 0.6) is 0 Å². The van der Waals surface area contributed by atoms with Crippen LogP contribution in [-0.4, -0.2) is 39.8 Å². The summed E-state index contributed by atoms with van der Waals surface area (Å²) in [5.74, 6) is -0.445. The number of halogens is 2. The Labute approximate surface area is 279 Å². The number of nitrogens with zero attached hydrogens (tertiary/aromatic N) is 3. The van der Waals surface area contributed by atoms with E-state index in [1.807, 2.05) is 60.7 Å². The molecule has 5 aromatic rings. The van der Waals surface area contributed by atoms with Crippen molar-refractivity contribution in [3.8, 4) is 5.69 Å². The molecule has 2 aromatic heterocycles. The third kappa shape index (κ3) is 7.31. The molecular formula is C35H33F2N5O5S. The molecule has 0 fully saturated rings. The minimum Gasteiger partial charge on any atom is -0.445 e. The van der Waals surface area contributed by atoms with Crippen molar-refractivity contribution in [2.75, 3.05) is 16.8 Å². The lowest BCUT2D eigenvalue weighted by molar-refractivity contribution is 0.0583. The minimum absolute atomic E-state index is 0.105. The highest BCUT2D eigenvalue weighted by molar-refractivity contribution is 7.14. The lowest BCUT2D eigenvalue weighted by Crippen LogP contribution is -2.35. The van der Waals surface area contributed by atoms with Crippen LogP contribution in [0.4, 0.5) is 30.0 Å². The summed E-state index contributed by atoms with van der Waals surface area (Å²) >= 11 is 0.706. The Balaban J connectivity index is 1.30. The van der Waals surface area contributed by atoms with Gasteiger partial charge in [0, 0.05) is 13.1 Å². The fourth-order valence-corrected chi connectivity index (χ4v) is 6.06. The number of ether oxygens (including phenoxy) is 2. The smallest absolute Gasteiger partial charge is 0.414 e. The summed E-state index contributed by atoms with van der Waals surface area (Å²) < 4.78 is 39.2. The zero-order chi connectivity index (χ0) is 34.0. The monoisotopic (exact) mass is 673 g/mol. The van der Waals surface area contributed by atoms with Gasteiger partial charge in [0.05, 0.1) is 32.2 Å². The minimum atomic E-state index is -2.69. The molecule has 48 heavy (non-hydrogen) atoms. The molecule has 0 saturated carbocycles. The maximum Gasteiger partial charge on any atom is 0.414 e. The van der Waals surface area contributed by atoms with Gasteiger partial charge >= 0.3 is 12.2 Å². The first-order valence-corrected chi connectivity index (χ1v) is 16.1. The zero-order valence-corrected chi connectivity index (χ0v) is 27.3. The Morgan fingerprint density at radius 2 is 1.77 bits per heavy atom. The van der Waals surface area contributed by atoms with Crippen molar-refractivity contribution in [3.63, 3.8) is 0 Å². The fraction of sp³-hybridized carbons (Fsp3) is 0.257. The van der Waals surface area contributed by atoms with Crippen molar-refractivity contribution in [3.05, 3.63) is 105 Å².